The number of carbonyl (C=O) groups is 1. The highest BCUT2D eigenvalue weighted by Gasteiger charge is 2.21. The monoisotopic (exact) mass is 301 g/mol. The minimum Gasteiger partial charge on any atom is -0.352 e. The Morgan fingerprint density at radius 3 is 2.94 bits per heavy atom. The van der Waals surface area contributed by atoms with Crippen LogP contribution in [0.25, 0.3) is 0 Å². The Kier molecular flexibility index (Phi) is 3.87. The standard InChI is InChI=1S/C12H13BrClNO/c13-10-3-1-2-9(11(10)14)12(16)15-7-6-8-4-5-8/h1-3,8H,4-7H2,(H,15,16). The van der Waals surface area contributed by atoms with E-state index in [1.165, 1.54) is 12.8 Å². The molecule has 0 unspecified atom stereocenters. The van der Waals surface area contributed by atoms with Crippen molar-refractivity contribution < 1.29 is 4.79 Å². The molecule has 4 heteroatoms. The van der Waals surface area contributed by atoms with E-state index in [-0.39, 0.29) is 5.91 Å². The Hall–Kier alpha value is -0.540. The van der Waals surface area contributed by atoms with E-state index in [9.17, 15) is 4.79 Å². The van der Waals surface area contributed by atoms with Crippen LogP contribution in [-0.4, -0.2) is 12.5 Å². The van der Waals surface area contributed by atoms with Crippen LogP contribution in [0.1, 0.15) is 29.6 Å². The van der Waals surface area contributed by atoms with Crippen LogP contribution in [0.4, 0.5) is 0 Å². The summed E-state index contributed by atoms with van der Waals surface area (Å²) < 4.78 is 0.754. The van der Waals surface area contributed by atoms with Crippen LogP contribution in [0.2, 0.25) is 5.02 Å². The van der Waals surface area contributed by atoms with Crippen LogP contribution < -0.4 is 5.32 Å². The fourth-order valence-electron chi connectivity index (χ4n) is 1.57. The Labute approximate surface area is 108 Å². The first kappa shape index (κ1) is 11.9. The van der Waals surface area contributed by atoms with Gasteiger partial charge in [0.15, 0.2) is 0 Å². The molecule has 1 amide bonds. The molecule has 0 spiro atoms. The molecule has 1 aromatic rings. The maximum atomic E-state index is 11.8. The molecular formula is C12H13BrClNO. The first-order chi connectivity index (χ1) is 7.68. The molecule has 0 atom stereocenters. The van der Waals surface area contributed by atoms with E-state index in [1.807, 2.05) is 12.1 Å². The zero-order valence-corrected chi connectivity index (χ0v) is 11.1. The molecule has 86 valence electrons. The van der Waals surface area contributed by atoms with Crippen molar-refractivity contribution in [2.75, 3.05) is 6.54 Å². The number of rotatable bonds is 4. The van der Waals surface area contributed by atoms with E-state index in [4.69, 9.17) is 11.6 Å². The van der Waals surface area contributed by atoms with Gasteiger partial charge in [-0.3, -0.25) is 4.79 Å². The molecule has 2 nitrogen and oxygen atoms in total. The number of halogens is 2. The average Bonchev–Trinajstić information content (AvgIpc) is 3.06. The number of benzene rings is 1. The van der Waals surface area contributed by atoms with Gasteiger partial charge in [0.25, 0.3) is 5.91 Å². The fraction of sp³-hybridized carbons (Fsp3) is 0.417. The molecule has 0 aliphatic heterocycles. The summed E-state index contributed by atoms with van der Waals surface area (Å²) in [5.41, 5.74) is 0.534. The van der Waals surface area contributed by atoms with Crippen LogP contribution in [0.15, 0.2) is 22.7 Å². The number of nitrogens with one attached hydrogen (secondary N) is 1. The predicted molar refractivity (Wildman–Crippen MR) is 68.8 cm³/mol. The molecule has 1 aliphatic carbocycles. The molecule has 0 radical (unpaired) electrons. The lowest BCUT2D eigenvalue weighted by atomic mass is 10.2. The van der Waals surface area contributed by atoms with Gasteiger partial charge in [-0.15, -0.1) is 0 Å². The highest BCUT2D eigenvalue weighted by Crippen LogP contribution is 2.31. The third kappa shape index (κ3) is 2.98. The van der Waals surface area contributed by atoms with E-state index in [0.29, 0.717) is 10.6 Å². The molecule has 1 aromatic carbocycles. The highest BCUT2D eigenvalue weighted by atomic mass is 79.9. The largest absolute Gasteiger partial charge is 0.352 e. The van der Waals surface area contributed by atoms with Crippen molar-refractivity contribution in [1.29, 1.82) is 0 Å². The van der Waals surface area contributed by atoms with Crippen LogP contribution >= 0.6 is 27.5 Å². The van der Waals surface area contributed by atoms with Crippen LogP contribution in [0.5, 0.6) is 0 Å². The molecule has 16 heavy (non-hydrogen) atoms. The molecule has 0 bridgehead atoms. The third-order valence-corrected chi connectivity index (χ3v) is 4.03. The van der Waals surface area contributed by atoms with Crippen LogP contribution in [0.3, 0.4) is 0 Å². The van der Waals surface area contributed by atoms with Crippen molar-refractivity contribution >= 4 is 33.4 Å². The summed E-state index contributed by atoms with van der Waals surface area (Å²) in [7, 11) is 0. The third-order valence-electron chi connectivity index (χ3n) is 2.73. The van der Waals surface area contributed by atoms with Gasteiger partial charge in [0.05, 0.1) is 10.6 Å². The van der Waals surface area contributed by atoms with Gasteiger partial charge in [-0.05, 0) is 40.4 Å². The second-order valence-corrected chi connectivity index (χ2v) is 5.32. The second kappa shape index (κ2) is 5.19. The minimum absolute atomic E-state index is 0.0908. The van der Waals surface area contributed by atoms with Crippen LogP contribution in [-0.2, 0) is 0 Å². The summed E-state index contributed by atoms with van der Waals surface area (Å²) in [5, 5.41) is 3.37. The second-order valence-electron chi connectivity index (χ2n) is 4.09. The normalized spacial score (nSPS) is 14.9. The van der Waals surface area contributed by atoms with Crippen molar-refractivity contribution in [3.8, 4) is 0 Å². The summed E-state index contributed by atoms with van der Waals surface area (Å²) in [4.78, 5) is 11.8. The molecule has 0 heterocycles. The summed E-state index contributed by atoms with van der Waals surface area (Å²) in [6, 6.07) is 5.37. The Bertz CT molecular complexity index is 404. The van der Waals surface area contributed by atoms with Crippen LogP contribution in [0, 0.1) is 5.92 Å². The predicted octanol–water partition coefficient (Wildman–Crippen LogP) is 3.63. The summed E-state index contributed by atoms with van der Waals surface area (Å²) in [6.45, 7) is 0.742. The smallest absolute Gasteiger partial charge is 0.252 e. The van der Waals surface area contributed by atoms with Gasteiger partial charge in [-0.25, -0.2) is 0 Å². The summed E-state index contributed by atoms with van der Waals surface area (Å²) >= 11 is 9.34. The van der Waals surface area contributed by atoms with Gasteiger partial charge < -0.3 is 5.32 Å². The van der Waals surface area contributed by atoms with E-state index >= 15 is 0 Å². The zero-order chi connectivity index (χ0) is 11.5. The van der Waals surface area contributed by atoms with Gasteiger partial charge in [0.2, 0.25) is 0 Å². The maximum Gasteiger partial charge on any atom is 0.252 e. The molecule has 1 saturated carbocycles. The number of carbonyl (C=O) groups excluding carboxylic acids is 1. The lowest BCUT2D eigenvalue weighted by Crippen LogP contribution is -2.25. The molecule has 1 N–H and O–H groups in total. The molecule has 0 saturated heterocycles. The summed E-state index contributed by atoms with van der Waals surface area (Å²) in [6.07, 6.45) is 3.71. The average molecular weight is 303 g/mol. The van der Waals surface area contributed by atoms with Gasteiger partial charge in [-0.2, -0.15) is 0 Å². The number of hydrogen-bond acceptors (Lipinski definition) is 1. The first-order valence-corrected chi connectivity index (χ1v) is 6.58. The van der Waals surface area contributed by atoms with Gasteiger partial charge in [0, 0.05) is 11.0 Å². The molecule has 2 rings (SSSR count). The van der Waals surface area contributed by atoms with Crippen molar-refractivity contribution in [2.45, 2.75) is 19.3 Å². The number of hydrogen-bond donors (Lipinski definition) is 1. The fourth-order valence-corrected chi connectivity index (χ4v) is 2.15. The minimum atomic E-state index is -0.0908. The Morgan fingerprint density at radius 2 is 2.25 bits per heavy atom. The van der Waals surface area contributed by atoms with E-state index < -0.39 is 0 Å². The lowest BCUT2D eigenvalue weighted by Gasteiger charge is -2.07. The van der Waals surface area contributed by atoms with Gasteiger partial charge >= 0.3 is 0 Å². The summed E-state index contributed by atoms with van der Waals surface area (Å²) in [5.74, 6) is 0.741. The zero-order valence-electron chi connectivity index (χ0n) is 8.80. The van der Waals surface area contributed by atoms with Crippen molar-refractivity contribution in [3.05, 3.63) is 33.3 Å². The highest BCUT2D eigenvalue weighted by molar-refractivity contribution is 9.10. The van der Waals surface area contributed by atoms with Gasteiger partial charge in [0.1, 0.15) is 0 Å². The Balaban J connectivity index is 1.93. The van der Waals surface area contributed by atoms with E-state index in [2.05, 4.69) is 21.2 Å². The first-order valence-electron chi connectivity index (χ1n) is 5.40. The molecule has 1 aliphatic rings. The van der Waals surface area contributed by atoms with Crippen molar-refractivity contribution in [1.82, 2.24) is 5.32 Å². The SMILES string of the molecule is O=C(NCCC1CC1)c1cccc(Br)c1Cl. The van der Waals surface area contributed by atoms with E-state index in [1.54, 1.807) is 6.07 Å². The Morgan fingerprint density at radius 1 is 1.50 bits per heavy atom. The number of amides is 1. The van der Waals surface area contributed by atoms with Crippen molar-refractivity contribution in [2.24, 2.45) is 5.92 Å². The quantitative estimate of drug-likeness (QED) is 0.904. The molecule has 0 aromatic heterocycles. The van der Waals surface area contributed by atoms with Gasteiger partial charge in [-0.1, -0.05) is 30.5 Å². The molecule has 1 fully saturated rings. The molecular weight excluding hydrogens is 289 g/mol. The van der Waals surface area contributed by atoms with E-state index in [0.717, 1.165) is 23.4 Å². The topological polar surface area (TPSA) is 29.1 Å². The maximum absolute atomic E-state index is 11.8. The lowest BCUT2D eigenvalue weighted by molar-refractivity contribution is 0.0953. The van der Waals surface area contributed by atoms with Crippen molar-refractivity contribution in [3.63, 3.8) is 0 Å².